The van der Waals surface area contributed by atoms with E-state index in [-0.39, 0.29) is 0 Å². The van der Waals surface area contributed by atoms with Crippen molar-refractivity contribution in [3.63, 3.8) is 0 Å². The Morgan fingerprint density at radius 3 is 1.67 bits per heavy atom. The van der Waals surface area contributed by atoms with Crippen LogP contribution < -0.4 is 11.5 Å². The number of hydrogen-bond donors (Lipinski definition) is 2. The van der Waals surface area contributed by atoms with Crippen LogP contribution in [0.2, 0.25) is 0 Å². The van der Waals surface area contributed by atoms with Gasteiger partial charge in [0.05, 0.1) is 11.1 Å². The van der Waals surface area contributed by atoms with Crippen LogP contribution in [0, 0.1) is 0 Å². The molecule has 0 heterocycles. The van der Waals surface area contributed by atoms with Gasteiger partial charge in [-0.25, -0.2) is 0 Å². The lowest BCUT2D eigenvalue weighted by Gasteiger charge is -2.15. The van der Waals surface area contributed by atoms with Gasteiger partial charge < -0.3 is 21.1 Å². The van der Waals surface area contributed by atoms with Crippen molar-refractivity contribution in [2.75, 3.05) is 0 Å². The standard InChI is InChI=1S/C17H32N2O2/c1-16(18,14-20)12-10-8-6-4-3-5-7-9-11-13-17(2,19)15-21/h4,6,14-15H,3,5,7-13,18-19H2,1-2H3/b6-4-/t16?,17-/m1/s1. The Morgan fingerprint density at radius 2 is 1.14 bits per heavy atom. The minimum Gasteiger partial charge on any atom is -0.319 e. The molecule has 0 rings (SSSR count). The van der Waals surface area contributed by atoms with Crippen molar-refractivity contribution in [1.29, 1.82) is 0 Å². The monoisotopic (exact) mass is 296 g/mol. The van der Waals surface area contributed by atoms with Crippen LogP contribution >= 0.6 is 0 Å². The van der Waals surface area contributed by atoms with E-state index in [1.807, 2.05) is 0 Å². The number of allylic oxidation sites excluding steroid dienone is 2. The molecule has 0 aromatic heterocycles. The molecule has 0 aliphatic rings. The lowest BCUT2D eigenvalue weighted by molar-refractivity contribution is -0.112. The third-order valence-corrected chi connectivity index (χ3v) is 3.63. The SMILES string of the molecule is CC(N)(C=O)CCC/C=C\CCCCCC[C@@](C)(N)C=O. The maximum absolute atomic E-state index is 10.6. The Kier molecular flexibility index (Phi) is 10.2. The second kappa shape index (κ2) is 10.7. The van der Waals surface area contributed by atoms with Gasteiger partial charge in [-0.2, -0.15) is 0 Å². The number of carbonyl (C=O) groups excluding carboxylic acids is 2. The van der Waals surface area contributed by atoms with Crippen molar-refractivity contribution >= 4 is 12.6 Å². The molecule has 0 bridgehead atoms. The van der Waals surface area contributed by atoms with Crippen molar-refractivity contribution in [1.82, 2.24) is 0 Å². The number of aldehydes is 2. The van der Waals surface area contributed by atoms with Crippen LogP contribution in [0.25, 0.3) is 0 Å². The third kappa shape index (κ3) is 12.5. The number of carbonyl (C=O) groups is 2. The molecule has 0 aromatic rings. The highest BCUT2D eigenvalue weighted by atomic mass is 16.1. The molecule has 0 radical (unpaired) electrons. The Hall–Kier alpha value is -1.00. The first kappa shape index (κ1) is 20.0. The molecule has 0 aromatic carbocycles. The Balaban J connectivity index is 3.41. The molecule has 122 valence electrons. The predicted octanol–water partition coefficient (Wildman–Crippen LogP) is 2.89. The molecule has 0 saturated heterocycles. The van der Waals surface area contributed by atoms with E-state index in [1.54, 1.807) is 13.8 Å². The summed E-state index contributed by atoms with van der Waals surface area (Å²) in [5.74, 6) is 0. The Bertz CT molecular complexity index is 323. The van der Waals surface area contributed by atoms with Gasteiger partial charge in [0.2, 0.25) is 0 Å². The molecule has 0 fully saturated rings. The molecule has 0 aliphatic heterocycles. The van der Waals surface area contributed by atoms with Crippen molar-refractivity contribution < 1.29 is 9.59 Å². The summed E-state index contributed by atoms with van der Waals surface area (Å²) in [4.78, 5) is 21.3. The first-order valence-corrected chi connectivity index (χ1v) is 7.98. The molecule has 2 atom stereocenters. The molecule has 0 aliphatic carbocycles. The molecular weight excluding hydrogens is 264 g/mol. The molecule has 4 N–H and O–H groups in total. The van der Waals surface area contributed by atoms with Crippen LogP contribution in [0.15, 0.2) is 12.2 Å². The predicted molar refractivity (Wildman–Crippen MR) is 88.0 cm³/mol. The fourth-order valence-corrected chi connectivity index (χ4v) is 2.08. The summed E-state index contributed by atoms with van der Waals surface area (Å²) in [6.07, 6.45) is 15.0. The van der Waals surface area contributed by atoms with Crippen LogP contribution in [0.5, 0.6) is 0 Å². The number of hydrogen-bond acceptors (Lipinski definition) is 4. The molecule has 0 saturated carbocycles. The maximum Gasteiger partial charge on any atom is 0.139 e. The number of nitrogens with two attached hydrogens (primary N) is 2. The molecule has 1 unspecified atom stereocenters. The van der Waals surface area contributed by atoms with Crippen LogP contribution in [-0.2, 0) is 9.59 Å². The summed E-state index contributed by atoms with van der Waals surface area (Å²) in [6, 6.07) is 0. The van der Waals surface area contributed by atoms with E-state index in [9.17, 15) is 9.59 Å². The van der Waals surface area contributed by atoms with Crippen molar-refractivity contribution in [2.24, 2.45) is 11.5 Å². The van der Waals surface area contributed by atoms with Crippen molar-refractivity contribution in [3.05, 3.63) is 12.2 Å². The smallest absolute Gasteiger partial charge is 0.139 e. The van der Waals surface area contributed by atoms with E-state index >= 15 is 0 Å². The van der Waals surface area contributed by atoms with E-state index in [0.29, 0.717) is 0 Å². The fourth-order valence-electron chi connectivity index (χ4n) is 2.08. The Labute approximate surface area is 129 Å². The summed E-state index contributed by atoms with van der Waals surface area (Å²) in [7, 11) is 0. The van der Waals surface area contributed by atoms with E-state index in [4.69, 9.17) is 11.5 Å². The number of rotatable bonds is 13. The van der Waals surface area contributed by atoms with Gasteiger partial charge in [0.1, 0.15) is 12.6 Å². The highest BCUT2D eigenvalue weighted by molar-refractivity contribution is 5.63. The highest BCUT2D eigenvalue weighted by Crippen LogP contribution is 2.12. The topological polar surface area (TPSA) is 86.2 Å². The van der Waals surface area contributed by atoms with Gasteiger partial charge in [0, 0.05) is 0 Å². The zero-order valence-electron chi connectivity index (χ0n) is 13.6. The van der Waals surface area contributed by atoms with Crippen LogP contribution in [0.3, 0.4) is 0 Å². The van der Waals surface area contributed by atoms with Gasteiger partial charge in [-0.05, 0) is 52.4 Å². The fraction of sp³-hybridized carbons (Fsp3) is 0.765. The van der Waals surface area contributed by atoms with Gasteiger partial charge in [-0.3, -0.25) is 0 Å². The summed E-state index contributed by atoms with van der Waals surface area (Å²) in [6.45, 7) is 3.54. The van der Waals surface area contributed by atoms with Crippen molar-refractivity contribution in [3.8, 4) is 0 Å². The number of unbranched alkanes of at least 4 members (excludes halogenated alkanes) is 5. The molecular formula is C17H32N2O2. The van der Waals surface area contributed by atoms with E-state index < -0.39 is 11.1 Å². The second-order valence-corrected chi connectivity index (χ2v) is 6.56. The minimum absolute atomic E-state index is 0.654. The zero-order valence-corrected chi connectivity index (χ0v) is 13.6. The molecule has 0 amide bonds. The summed E-state index contributed by atoms with van der Waals surface area (Å²) in [5, 5.41) is 0. The lowest BCUT2D eigenvalue weighted by atomic mass is 9.97. The highest BCUT2D eigenvalue weighted by Gasteiger charge is 2.16. The summed E-state index contributed by atoms with van der Waals surface area (Å²) >= 11 is 0. The third-order valence-electron chi connectivity index (χ3n) is 3.63. The second-order valence-electron chi connectivity index (χ2n) is 6.56. The minimum atomic E-state index is -0.674. The van der Waals surface area contributed by atoms with E-state index in [0.717, 1.165) is 57.5 Å². The largest absolute Gasteiger partial charge is 0.319 e. The normalized spacial score (nSPS) is 17.3. The summed E-state index contributed by atoms with van der Waals surface area (Å²) in [5.41, 5.74) is 10.2. The molecule has 0 spiro atoms. The van der Waals surface area contributed by atoms with Crippen molar-refractivity contribution in [2.45, 2.75) is 82.7 Å². The van der Waals surface area contributed by atoms with E-state index in [2.05, 4.69) is 12.2 Å². The molecule has 4 heteroatoms. The first-order valence-electron chi connectivity index (χ1n) is 7.98. The van der Waals surface area contributed by atoms with Gasteiger partial charge in [0.25, 0.3) is 0 Å². The molecule has 21 heavy (non-hydrogen) atoms. The van der Waals surface area contributed by atoms with Gasteiger partial charge in [0.15, 0.2) is 0 Å². The molecule has 4 nitrogen and oxygen atoms in total. The zero-order chi connectivity index (χ0) is 16.2. The average molecular weight is 296 g/mol. The van der Waals surface area contributed by atoms with Gasteiger partial charge in [-0.1, -0.05) is 31.4 Å². The summed E-state index contributed by atoms with van der Waals surface area (Å²) < 4.78 is 0. The lowest BCUT2D eigenvalue weighted by Crippen LogP contribution is -2.37. The Morgan fingerprint density at radius 1 is 0.714 bits per heavy atom. The van der Waals surface area contributed by atoms with Gasteiger partial charge >= 0.3 is 0 Å². The van der Waals surface area contributed by atoms with Gasteiger partial charge in [-0.15, -0.1) is 0 Å². The van der Waals surface area contributed by atoms with Crippen LogP contribution in [-0.4, -0.2) is 23.7 Å². The van der Waals surface area contributed by atoms with E-state index in [1.165, 1.54) is 12.8 Å². The quantitative estimate of drug-likeness (QED) is 0.311. The van der Waals surface area contributed by atoms with Crippen LogP contribution in [0.4, 0.5) is 0 Å². The van der Waals surface area contributed by atoms with Crippen LogP contribution in [0.1, 0.15) is 71.6 Å². The first-order chi connectivity index (χ1) is 9.83. The average Bonchev–Trinajstić information content (AvgIpc) is 2.44. The maximum atomic E-state index is 10.6.